The van der Waals surface area contributed by atoms with Gasteiger partial charge in [-0.15, -0.1) is 0 Å². The molecule has 0 aromatic carbocycles. The van der Waals surface area contributed by atoms with Crippen LogP contribution in [0.4, 0.5) is 0 Å². The summed E-state index contributed by atoms with van der Waals surface area (Å²) in [6, 6.07) is 3.96. The zero-order valence-corrected chi connectivity index (χ0v) is 8.82. The Morgan fingerprint density at radius 1 is 1.73 bits per heavy atom. The summed E-state index contributed by atoms with van der Waals surface area (Å²) in [5, 5.41) is 6.14. The van der Waals surface area contributed by atoms with Gasteiger partial charge in [-0.05, 0) is 32.0 Å². The van der Waals surface area contributed by atoms with E-state index in [2.05, 4.69) is 10.6 Å². The number of hydrogen-bond donors (Lipinski definition) is 2. The summed E-state index contributed by atoms with van der Waals surface area (Å²) in [6.07, 6.45) is 2.53. The summed E-state index contributed by atoms with van der Waals surface area (Å²) >= 11 is 0. The summed E-state index contributed by atoms with van der Waals surface area (Å²) in [5.74, 6) is 1.01. The largest absolute Gasteiger partial charge is 0.467 e. The molecule has 2 rings (SSSR count). The van der Waals surface area contributed by atoms with E-state index in [1.54, 1.807) is 6.26 Å². The van der Waals surface area contributed by atoms with Crippen molar-refractivity contribution in [3.8, 4) is 0 Å². The molecule has 0 aliphatic carbocycles. The Labute approximate surface area is 89.0 Å². The van der Waals surface area contributed by atoms with Gasteiger partial charge in [-0.3, -0.25) is 4.79 Å². The van der Waals surface area contributed by atoms with Gasteiger partial charge in [0.25, 0.3) is 0 Å². The van der Waals surface area contributed by atoms with Crippen molar-refractivity contribution in [1.82, 2.24) is 10.6 Å². The zero-order valence-electron chi connectivity index (χ0n) is 8.82. The molecule has 0 saturated carbocycles. The van der Waals surface area contributed by atoms with Gasteiger partial charge in [-0.25, -0.2) is 0 Å². The number of hydrogen-bond acceptors (Lipinski definition) is 3. The highest BCUT2D eigenvalue weighted by molar-refractivity contribution is 5.79. The summed E-state index contributed by atoms with van der Waals surface area (Å²) in [5.41, 5.74) is 0. The molecule has 1 aromatic rings. The zero-order chi connectivity index (χ0) is 10.7. The van der Waals surface area contributed by atoms with E-state index in [1.807, 2.05) is 19.1 Å². The second kappa shape index (κ2) is 4.49. The second-order valence-electron chi connectivity index (χ2n) is 3.94. The Morgan fingerprint density at radius 2 is 2.60 bits per heavy atom. The molecule has 2 N–H and O–H groups in total. The van der Waals surface area contributed by atoms with Crippen LogP contribution in [-0.2, 0) is 11.3 Å². The number of amides is 1. The highest BCUT2D eigenvalue weighted by Crippen LogP contribution is 2.15. The molecular weight excluding hydrogens is 192 g/mol. The molecule has 1 aliphatic rings. The van der Waals surface area contributed by atoms with E-state index in [-0.39, 0.29) is 17.9 Å². The fourth-order valence-corrected chi connectivity index (χ4v) is 1.94. The lowest BCUT2D eigenvalue weighted by Gasteiger charge is -2.14. The van der Waals surface area contributed by atoms with Crippen molar-refractivity contribution < 1.29 is 9.21 Å². The third-order valence-corrected chi connectivity index (χ3v) is 2.88. The van der Waals surface area contributed by atoms with Crippen molar-refractivity contribution in [3.05, 3.63) is 24.2 Å². The molecule has 2 atom stereocenters. The van der Waals surface area contributed by atoms with Crippen LogP contribution in [0.5, 0.6) is 0 Å². The minimum Gasteiger partial charge on any atom is -0.467 e. The third-order valence-electron chi connectivity index (χ3n) is 2.88. The van der Waals surface area contributed by atoms with Gasteiger partial charge in [0.05, 0.1) is 18.7 Å². The van der Waals surface area contributed by atoms with Crippen molar-refractivity contribution in [1.29, 1.82) is 0 Å². The number of carbonyl (C=O) groups excluding carboxylic acids is 1. The van der Waals surface area contributed by atoms with Gasteiger partial charge in [0, 0.05) is 6.04 Å². The molecule has 1 fully saturated rings. The van der Waals surface area contributed by atoms with Crippen molar-refractivity contribution in [3.63, 3.8) is 0 Å². The standard InChI is InChI=1S/C11H16N2O2/c1-8-10(4-5-12-8)11(14)13-7-9-3-2-6-15-9/h2-3,6,8,10,12H,4-5,7H2,1H3,(H,13,14). The lowest BCUT2D eigenvalue weighted by molar-refractivity contribution is -0.125. The van der Waals surface area contributed by atoms with E-state index in [4.69, 9.17) is 4.42 Å². The predicted molar refractivity (Wildman–Crippen MR) is 56.1 cm³/mol. The first kappa shape index (κ1) is 10.2. The molecule has 15 heavy (non-hydrogen) atoms. The van der Waals surface area contributed by atoms with Gasteiger partial charge in [-0.2, -0.15) is 0 Å². The van der Waals surface area contributed by atoms with E-state index in [1.165, 1.54) is 0 Å². The highest BCUT2D eigenvalue weighted by Gasteiger charge is 2.28. The number of carbonyl (C=O) groups is 1. The fraction of sp³-hybridized carbons (Fsp3) is 0.545. The minimum absolute atomic E-state index is 0.0972. The quantitative estimate of drug-likeness (QED) is 0.775. The molecule has 2 heterocycles. The van der Waals surface area contributed by atoms with Crippen LogP contribution in [-0.4, -0.2) is 18.5 Å². The van der Waals surface area contributed by atoms with E-state index in [0.29, 0.717) is 6.54 Å². The topological polar surface area (TPSA) is 54.3 Å². The molecule has 4 nitrogen and oxygen atoms in total. The number of furan rings is 1. The van der Waals surface area contributed by atoms with Crippen LogP contribution in [0, 0.1) is 5.92 Å². The van der Waals surface area contributed by atoms with Crippen LogP contribution in [0.1, 0.15) is 19.1 Å². The molecule has 1 saturated heterocycles. The molecule has 2 unspecified atom stereocenters. The highest BCUT2D eigenvalue weighted by atomic mass is 16.3. The molecule has 0 bridgehead atoms. The molecule has 0 radical (unpaired) electrons. The first-order valence-electron chi connectivity index (χ1n) is 5.31. The lowest BCUT2D eigenvalue weighted by atomic mass is 10.0. The normalized spacial score (nSPS) is 25.4. The van der Waals surface area contributed by atoms with Crippen molar-refractivity contribution >= 4 is 5.91 Å². The van der Waals surface area contributed by atoms with Crippen molar-refractivity contribution in [2.75, 3.05) is 6.54 Å². The van der Waals surface area contributed by atoms with Gasteiger partial charge >= 0.3 is 0 Å². The Morgan fingerprint density at radius 3 is 3.20 bits per heavy atom. The van der Waals surface area contributed by atoms with Crippen LogP contribution in [0.3, 0.4) is 0 Å². The Bertz CT molecular complexity index is 321. The SMILES string of the molecule is CC1NCCC1C(=O)NCc1ccco1. The molecule has 4 heteroatoms. The smallest absolute Gasteiger partial charge is 0.225 e. The predicted octanol–water partition coefficient (Wildman–Crippen LogP) is 0.894. The van der Waals surface area contributed by atoms with E-state index < -0.39 is 0 Å². The van der Waals surface area contributed by atoms with Gasteiger partial charge in [0.1, 0.15) is 5.76 Å². The summed E-state index contributed by atoms with van der Waals surface area (Å²) in [4.78, 5) is 11.8. The molecule has 1 amide bonds. The first-order valence-corrected chi connectivity index (χ1v) is 5.31. The third kappa shape index (κ3) is 2.39. The average Bonchev–Trinajstić information content (AvgIpc) is 2.84. The number of nitrogens with one attached hydrogen (secondary N) is 2. The van der Waals surface area contributed by atoms with Crippen LogP contribution in [0.25, 0.3) is 0 Å². The molecular formula is C11H16N2O2. The van der Waals surface area contributed by atoms with E-state index >= 15 is 0 Å². The molecule has 1 aliphatic heterocycles. The maximum absolute atomic E-state index is 11.8. The van der Waals surface area contributed by atoms with Crippen LogP contribution < -0.4 is 10.6 Å². The number of rotatable bonds is 3. The van der Waals surface area contributed by atoms with Crippen LogP contribution >= 0.6 is 0 Å². The fourth-order valence-electron chi connectivity index (χ4n) is 1.94. The molecule has 1 aromatic heterocycles. The molecule has 82 valence electrons. The monoisotopic (exact) mass is 208 g/mol. The van der Waals surface area contributed by atoms with Crippen LogP contribution in [0.2, 0.25) is 0 Å². The average molecular weight is 208 g/mol. The van der Waals surface area contributed by atoms with Gasteiger partial charge in [0.2, 0.25) is 5.91 Å². The second-order valence-corrected chi connectivity index (χ2v) is 3.94. The Hall–Kier alpha value is -1.29. The van der Waals surface area contributed by atoms with Crippen LogP contribution in [0.15, 0.2) is 22.8 Å². The van der Waals surface area contributed by atoms with E-state index in [0.717, 1.165) is 18.7 Å². The van der Waals surface area contributed by atoms with Crippen molar-refractivity contribution in [2.24, 2.45) is 5.92 Å². The Balaban J connectivity index is 1.82. The van der Waals surface area contributed by atoms with Gasteiger partial charge < -0.3 is 15.1 Å². The maximum atomic E-state index is 11.8. The van der Waals surface area contributed by atoms with E-state index in [9.17, 15) is 4.79 Å². The van der Waals surface area contributed by atoms with Crippen molar-refractivity contribution in [2.45, 2.75) is 25.9 Å². The summed E-state index contributed by atoms with van der Waals surface area (Å²) in [7, 11) is 0. The Kier molecular flexibility index (Phi) is 3.06. The first-order chi connectivity index (χ1) is 7.27. The maximum Gasteiger partial charge on any atom is 0.225 e. The molecule has 0 spiro atoms. The lowest BCUT2D eigenvalue weighted by Crippen LogP contribution is -2.36. The summed E-state index contributed by atoms with van der Waals surface area (Å²) < 4.78 is 5.14. The van der Waals surface area contributed by atoms with Gasteiger partial charge in [0.15, 0.2) is 0 Å². The minimum atomic E-state index is 0.0972. The summed E-state index contributed by atoms with van der Waals surface area (Å²) in [6.45, 7) is 3.46. The van der Waals surface area contributed by atoms with Gasteiger partial charge in [-0.1, -0.05) is 0 Å².